The first-order valence-electron chi connectivity index (χ1n) is 6.36. The van der Waals surface area contributed by atoms with Crippen molar-refractivity contribution >= 4 is 11.8 Å². The lowest BCUT2D eigenvalue weighted by Gasteiger charge is -2.22. The lowest BCUT2D eigenvalue weighted by atomic mass is 9.93. The number of thioether (sulfide) groups is 1. The summed E-state index contributed by atoms with van der Waals surface area (Å²) in [5, 5.41) is 0. The van der Waals surface area contributed by atoms with E-state index in [1.54, 1.807) is 12.1 Å². The molecule has 3 nitrogen and oxygen atoms in total. The number of alkyl halides is 3. The molecule has 0 amide bonds. The van der Waals surface area contributed by atoms with Crippen LogP contribution in [0.3, 0.4) is 0 Å². The lowest BCUT2D eigenvalue weighted by Crippen LogP contribution is -2.42. The molecule has 3 N–H and O–H groups in total. The first-order chi connectivity index (χ1) is 9.48. The number of halogens is 3. The molecule has 0 bridgehead atoms. The molecule has 1 saturated heterocycles. The fourth-order valence-corrected chi connectivity index (χ4v) is 3.65. The standard InChI is InChI=1S/C13H17F3N2OS/c14-13(15,16)19-11-3-1-9(2-4-11)7-12(18-17)10-5-6-20-8-10/h1-4,10,12,18H,5-8,17H2. The van der Waals surface area contributed by atoms with Gasteiger partial charge in [-0.05, 0) is 48.0 Å². The number of ether oxygens (including phenoxy) is 1. The van der Waals surface area contributed by atoms with Crippen LogP contribution in [0.1, 0.15) is 12.0 Å². The Kier molecular flexibility index (Phi) is 5.17. The van der Waals surface area contributed by atoms with Gasteiger partial charge in [-0.15, -0.1) is 13.2 Å². The molecule has 112 valence electrons. The minimum atomic E-state index is -4.65. The first-order valence-corrected chi connectivity index (χ1v) is 7.52. The van der Waals surface area contributed by atoms with E-state index in [9.17, 15) is 13.2 Å². The molecule has 1 aliphatic heterocycles. The minimum absolute atomic E-state index is 0.152. The predicted molar refractivity (Wildman–Crippen MR) is 73.4 cm³/mol. The Bertz CT molecular complexity index is 419. The molecule has 1 aromatic rings. The lowest BCUT2D eigenvalue weighted by molar-refractivity contribution is -0.274. The van der Waals surface area contributed by atoms with Crippen LogP contribution in [0.4, 0.5) is 13.2 Å². The topological polar surface area (TPSA) is 47.3 Å². The van der Waals surface area contributed by atoms with Crippen molar-refractivity contribution in [1.29, 1.82) is 0 Å². The quantitative estimate of drug-likeness (QED) is 0.649. The molecule has 0 radical (unpaired) electrons. The molecule has 2 rings (SSSR count). The summed E-state index contributed by atoms with van der Waals surface area (Å²) in [5.41, 5.74) is 3.76. The van der Waals surface area contributed by atoms with E-state index in [1.807, 2.05) is 11.8 Å². The number of hydrogen-bond donors (Lipinski definition) is 2. The van der Waals surface area contributed by atoms with Gasteiger partial charge in [-0.3, -0.25) is 11.3 Å². The highest BCUT2D eigenvalue weighted by Gasteiger charge is 2.31. The smallest absolute Gasteiger partial charge is 0.406 e. The molecule has 0 spiro atoms. The van der Waals surface area contributed by atoms with Crippen LogP contribution in [0.15, 0.2) is 24.3 Å². The largest absolute Gasteiger partial charge is 0.573 e. The zero-order chi connectivity index (χ0) is 14.6. The highest BCUT2D eigenvalue weighted by Crippen LogP contribution is 2.28. The van der Waals surface area contributed by atoms with Crippen LogP contribution in [-0.4, -0.2) is 23.9 Å². The first kappa shape index (κ1) is 15.5. The molecule has 1 aromatic carbocycles. The van der Waals surface area contributed by atoms with Crippen molar-refractivity contribution in [1.82, 2.24) is 5.43 Å². The average molecular weight is 306 g/mol. The van der Waals surface area contributed by atoms with E-state index in [-0.39, 0.29) is 11.8 Å². The van der Waals surface area contributed by atoms with Gasteiger partial charge in [0, 0.05) is 6.04 Å². The fraction of sp³-hybridized carbons (Fsp3) is 0.538. The molecule has 0 aliphatic carbocycles. The van der Waals surface area contributed by atoms with Crippen molar-refractivity contribution in [3.05, 3.63) is 29.8 Å². The molecule has 7 heteroatoms. The van der Waals surface area contributed by atoms with Crippen LogP contribution in [-0.2, 0) is 6.42 Å². The Morgan fingerprint density at radius 1 is 1.35 bits per heavy atom. The molecule has 1 fully saturated rings. The molecule has 0 saturated carbocycles. The maximum absolute atomic E-state index is 12.1. The summed E-state index contributed by atoms with van der Waals surface area (Å²) in [5.74, 6) is 8.11. The maximum Gasteiger partial charge on any atom is 0.573 e. The Hall–Kier alpha value is -0.920. The third kappa shape index (κ3) is 4.57. The number of benzene rings is 1. The molecule has 2 atom stereocenters. The molecule has 2 unspecified atom stereocenters. The SMILES string of the molecule is NNC(Cc1ccc(OC(F)(F)F)cc1)C1CCSC1. The summed E-state index contributed by atoms with van der Waals surface area (Å²) in [6.45, 7) is 0. The minimum Gasteiger partial charge on any atom is -0.406 e. The summed E-state index contributed by atoms with van der Waals surface area (Å²) >= 11 is 1.90. The van der Waals surface area contributed by atoms with Crippen LogP contribution in [0.2, 0.25) is 0 Å². The molecular formula is C13H17F3N2OS. The normalized spacial score (nSPS) is 20.9. The second kappa shape index (κ2) is 6.69. The molecule has 0 aromatic heterocycles. The highest BCUT2D eigenvalue weighted by molar-refractivity contribution is 7.99. The molecule has 20 heavy (non-hydrogen) atoms. The number of hydrazine groups is 1. The summed E-state index contributed by atoms with van der Waals surface area (Å²) in [6, 6.07) is 6.11. The Balaban J connectivity index is 1.95. The van der Waals surface area contributed by atoms with Crippen molar-refractivity contribution in [2.75, 3.05) is 11.5 Å². The van der Waals surface area contributed by atoms with E-state index in [4.69, 9.17) is 5.84 Å². The van der Waals surface area contributed by atoms with E-state index >= 15 is 0 Å². The van der Waals surface area contributed by atoms with Gasteiger partial charge in [-0.25, -0.2) is 0 Å². The van der Waals surface area contributed by atoms with Gasteiger partial charge < -0.3 is 4.74 Å². The summed E-state index contributed by atoms with van der Waals surface area (Å²) < 4.78 is 40.0. The summed E-state index contributed by atoms with van der Waals surface area (Å²) in [7, 11) is 0. The zero-order valence-electron chi connectivity index (χ0n) is 10.8. The van der Waals surface area contributed by atoms with Crippen molar-refractivity contribution in [2.45, 2.75) is 25.2 Å². The average Bonchev–Trinajstić information content (AvgIpc) is 2.90. The Morgan fingerprint density at radius 3 is 2.55 bits per heavy atom. The molecule has 1 heterocycles. The van der Waals surface area contributed by atoms with Crippen molar-refractivity contribution in [3.63, 3.8) is 0 Å². The summed E-state index contributed by atoms with van der Waals surface area (Å²) in [6.07, 6.45) is -2.83. The van der Waals surface area contributed by atoms with Gasteiger partial charge in [-0.2, -0.15) is 11.8 Å². The third-order valence-corrected chi connectivity index (χ3v) is 4.55. The van der Waals surface area contributed by atoms with Crippen LogP contribution in [0, 0.1) is 5.92 Å². The van der Waals surface area contributed by atoms with Crippen molar-refractivity contribution < 1.29 is 17.9 Å². The fourth-order valence-electron chi connectivity index (χ4n) is 2.31. The van der Waals surface area contributed by atoms with Gasteiger partial charge in [0.2, 0.25) is 0 Å². The van der Waals surface area contributed by atoms with Crippen molar-refractivity contribution in [2.24, 2.45) is 11.8 Å². The van der Waals surface area contributed by atoms with Crippen LogP contribution >= 0.6 is 11.8 Å². The Morgan fingerprint density at radius 2 is 2.05 bits per heavy atom. The molecular weight excluding hydrogens is 289 g/mol. The van der Waals surface area contributed by atoms with Crippen LogP contribution < -0.4 is 16.0 Å². The summed E-state index contributed by atoms with van der Waals surface area (Å²) in [4.78, 5) is 0. The zero-order valence-corrected chi connectivity index (χ0v) is 11.6. The van der Waals surface area contributed by atoms with E-state index in [1.165, 1.54) is 12.1 Å². The predicted octanol–water partition coefficient (Wildman–Crippen LogP) is 2.71. The highest BCUT2D eigenvalue weighted by atomic mass is 32.2. The van der Waals surface area contributed by atoms with Crippen LogP contribution in [0.25, 0.3) is 0 Å². The van der Waals surface area contributed by atoms with E-state index in [0.29, 0.717) is 12.3 Å². The van der Waals surface area contributed by atoms with Crippen molar-refractivity contribution in [3.8, 4) is 5.75 Å². The maximum atomic E-state index is 12.1. The van der Waals surface area contributed by atoms with Gasteiger partial charge in [0.1, 0.15) is 5.75 Å². The van der Waals surface area contributed by atoms with Gasteiger partial charge in [0.15, 0.2) is 0 Å². The second-order valence-electron chi connectivity index (χ2n) is 4.79. The van der Waals surface area contributed by atoms with Gasteiger partial charge in [0.25, 0.3) is 0 Å². The molecule has 1 aliphatic rings. The third-order valence-electron chi connectivity index (χ3n) is 3.36. The number of nitrogens with two attached hydrogens (primary N) is 1. The van der Waals surface area contributed by atoms with E-state index < -0.39 is 6.36 Å². The number of rotatable bonds is 5. The monoisotopic (exact) mass is 306 g/mol. The van der Waals surface area contributed by atoms with E-state index in [2.05, 4.69) is 10.2 Å². The Labute approximate surface area is 120 Å². The second-order valence-corrected chi connectivity index (χ2v) is 5.94. The van der Waals surface area contributed by atoms with Crippen LogP contribution in [0.5, 0.6) is 5.75 Å². The van der Waals surface area contributed by atoms with Gasteiger partial charge >= 0.3 is 6.36 Å². The van der Waals surface area contributed by atoms with Gasteiger partial charge in [0.05, 0.1) is 0 Å². The number of hydrogen-bond acceptors (Lipinski definition) is 4. The van der Waals surface area contributed by atoms with E-state index in [0.717, 1.165) is 23.5 Å². The van der Waals surface area contributed by atoms with Gasteiger partial charge in [-0.1, -0.05) is 12.1 Å². The number of nitrogens with one attached hydrogen (secondary N) is 1.